The van der Waals surface area contributed by atoms with Crippen molar-refractivity contribution < 1.29 is 0 Å². The summed E-state index contributed by atoms with van der Waals surface area (Å²) in [5.74, 6) is 0. The molecule has 1 aromatic rings. The molecule has 0 aliphatic carbocycles. The summed E-state index contributed by atoms with van der Waals surface area (Å²) < 4.78 is 0.700. The average Bonchev–Trinajstić information content (AvgIpc) is 2.28. The molecule has 0 saturated carbocycles. The Bertz CT molecular complexity index is 305. The fraction of sp³-hybridized carbons (Fsp3) is 0.667. The smallest absolute Gasteiger partial charge is 0.235 e. The van der Waals surface area contributed by atoms with Crippen molar-refractivity contribution in [2.24, 2.45) is 0 Å². The highest BCUT2D eigenvalue weighted by Gasteiger charge is 2.31. The SMILES string of the molecule is CC(C)n1nnc(C(Cl)(Cl)Cl)c1Br. The van der Waals surface area contributed by atoms with E-state index in [1.54, 1.807) is 4.68 Å². The molecule has 74 valence electrons. The van der Waals surface area contributed by atoms with Gasteiger partial charge in [-0.3, -0.25) is 0 Å². The molecule has 0 N–H and O–H groups in total. The Balaban J connectivity index is 3.14. The number of nitrogens with zero attached hydrogens (tertiary/aromatic N) is 3. The molecule has 1 aromatic heterocycles. The van der Waals surface area contributed by atoms with Crippen molar-refractivity contribution in [3.8, 4) is 0 Å². The minimum Gasteiger partial charge on any atom is -0.235 e. The number of rotatable bonds is 1. The van der Waals surface area contributed by atoms with Crippen molar-refractivity contribution in [2.45, 2.75) is 23.7 Å². The van der Waals surface area contributed by atoms with E-state index in [-0.39, 0.29) is 6.04 Å². The summed E-state index contributed by atoms with van der Waals surface area (Å²) in [6.45, 7) is 3.92. The van der Waals surface area contributed by atoms with E-state index in [0.717, 1.165) is 0 Å². The van der Waals surface area contributed by atoms with Crippen LogP contribution in [0.15, 0.2) is 4.60 Å². The molecule has 13 heavy (non-hydrogen) atoms. The highest BCUT2D eigenvalue weighted by Crippen LogP contribution is 2.40. The second-order valence-corrected chi connectivity index (χ2v) is 5.80. The Labute approximate surface area is 99.5 Å². The maximum Gasteiger partial charge on any atom is 0.237 e. The summed E-state index contributed by atoms with van der Waals surface area (Å²) in [7, 11) is 0. The molecule has 0 amide bonds. The quantitative estimate of drug-likeness (QED) is 0.744. The second kappa shape index (κ2) is 3.93. The first-order valence-corrected chi connectivity index (χ1v) is 5.44. The van der Waals surface area contributed by atoms with Gasteiger partial charge in [-0.05, 0) is 29.8 Å². The zero-order chi connectivity index (χ0) is 10.2. The molecule has 0 aromatic carbocycles. The standard InChI is InChI=1S/C6H7BrCl3N3/c1-3(2)13-5(7)4(11-12-13)6(8,9)10/h3H,1-2H3. The molecule has 0 fully saturated rings. The molecule has 1 heterocycles. The Kier molecular flexibility index (Phi) is 3.49. The van der Waals surface area contributed by atoms with Crippen LogP contribution in [-0.2, 0) is 3.79 Å². The van der Waals surface area contributed by atoms with Crippen LogP contribution in [0.1, 0.15) is 25.6 Å². The van der Waals surface area contributed by atoms with Gasteiger partial charge in [0.1, 0.15) is 10.3 Å². The summed E-state index contributed by atoms with van der Waals surface area (Å²) in [5.41, 5.74) is 0.311. The predicted molar refractivity (Wildman–Crippen MR) is 57.3 cm³/mol. The Morgan fingerprint density at radius 1 is 1.38 bits per heavy atom. The van der Waals surface area contributed by atoms with Gasteiger partial charge < -0.3 is 0 Å². The molecule has 0 spiro atoms. The van der Waals surface area contributed by atoms with Crippen LogP contribution in [0.2, 0.25) is 0 Å². The van der Waals surface area contributed by atoms with Gasteiger partial charge in [0, 0.05) is 6.04 Å². The summed E-state index contributed by atoms with van der Waals surface area (Å²) in [4.78, 5) is 0. The lowest BCUT2D eigenvalue weighted by Crippen LogP contribution is -2.05. The molecule has 1 rings (SSSR count). The summed E-state index contributed by atoms with van der Waals surface area (Å²) in [6, 6.07) is 0.169. The van der Waals surface area contributed by atoms with E-state index in [2.05, 4.69) is 26.2 Å². The summed E-state index contributed by atoms with van der Waals surface area (Å²) in [5, 5.41) is 7.63. The van der Waals surface area contributed by atoms with Crippen LogP contribution in [0.5, 0.6) is 0 Å². The number of hydrogen-bond donors (Lipinski definition) is 0. The molecular formula is C6H7BrCl3N3. The van der Waals surface area contributed by atoms with Crippen LogP contribution in [0.25, 0.3) is 0 Å². The topological polar surface area (TPSA) is 30.7 Å². The minimum absolute atomic E-state index is 0.169. The minimum atomic E-state index is -1.54. The van der Waals surface area contributed by atoms with Crippen molar-refractivity contribution in [3.63, 3.8) is 0 Å². The van der Waals surface area contributed by atoms with Crippen LogP contribution >= 0.6 is 50.7 Å². The van der Waals surface area contributed by atoms with Gasteiger partial charge in [-0.15, -0.1) is 5.10 Å². The van der Waals surface area contributed by atoms with Crippen molar-refractivity contribution >= 4 is 50.7 Å². The maximum absolute atomic E-state index is 5.67. The Morgan fingerprint density at radius 3 is 2.15 bits per heavy atom. The summed E-state index contributed by atoms with van der Waals surface area (Å²) in [6.07, 6.45) is 0. The third-order valence-corrected chi connectivity index (χ3v) is 2.67. The van der Waals surface area contributed by atoms with Crippen molar-refractivity contribution in [1.29, 1.82) is 0 Å². The Hall–Kier alpha value is 0.490. The van der Waals surface area contributed by atoms with Crippen LogP contribution in [-0.4, -0.2) is 15.0 Å². The molecular weight excluding hydrogens is 300 g/mol. The monoisotopic (exact) mass is 305 g/mol. The van der Waals surface area contributed by atoms with Gasteiger partial charge in [0.25, 0.3) is 0 Å². The van der Waals surface area contributed by atoms with E-state index in [9.17, 15) is 0 Å². The van der Waals surface area contributed by atoms with E-state index in [0.29, 0.717) is 10.3 Å². The predicted octanol–water partition coefficient (Wildman–Crippen LogP) is 3.45. The highest BCUT2D eigenvalue weighted by molar-refractivity contribution is 9.10. The van der Waals surface area contributed by atoms with Crippen molar-refractivity contribution in [3.05, 3.63) is 10.3 Å². The third-order valence-electron chi connectivity index (χ3n) is 1.40. The third kappa shape index (κ3) is 2.49. The normalized spacial score (nSPS) is 12.5. The zero-order valence-corrected chi connectivity index (χ0v) is 10.8. The highest BCUT2D eigenvalue weighted by atomic mass is 79.9. The molecule has 0 saturated heterocycles. The number of alkyl halides is 3. The molecule has 7 heteroatoms. The van der Waals surface area contributed by atoms with E-state index < -0.39 is 3.79 Å². The average molecular weight is 307 g/mol. The lowest BCUT2D eigenvalue weighted by atomic mass is 10.4. The lowest BCUT2D eigenvalue weighted by molar-refractivity contribution is 0.505. The van der Waals surface area contributed by atoms with Crippen LogP contribution in [0.4, 0.5) is 0 Å². The molecule has 0 aliphatic rings. The van der Waals surface area contributed by atoms with Gasteiger partial charge in [-0.1, -0.05) is 40.0 Å². The van der Waals surface area contributed by atoms with Crippen LogP contribution in [0, 0.1) is 0 Å². The fourth-order valence-corrected chi connectivity index (χ4v) is 2.37. The molecule has 0 bridgehead atoms. The van der Waals surface area contributed by atoms with E-state index in [1.807, 2.05) is 13.8 Å². The zero-order valence-electron chi connectivity index (χ0n) is 6.93. The molecule has 0 aliphatic heterocycles. The van der Waals surface area contributed by atoms with E-state index in [1.165, 1.54) is 0 Å². The van der Waals surface area contributed by atoms with Crippen LogP contribution in [0.3, 0.4) is 0 Å². The summed E-state index contributed by atoms with van der Waals surface area (Å²) >= 11 is 20.3. The fourth-order valence-electron chi connectivity index (χ4n) is 0.786. The first kappa shape index (κ1) is 11.6. The van der Waals surface area contributed by atoms with Gasteiger partial charge in [0.15, 0.2) is 0 Å². The first-order chi connectivity index (χ1) is 5.84. The van der Waals surface area contributed by atoms with Gasteiger partial charge in [-0.25, -0.2) is 4.68 Å². The molecule has 0 radical (unpaired) electrons. The Morgan fingerprint density at radius 2 is 1.92 bits per heavy atom. The van der Waals surface area contributed by atoms with Crippen molar-refractivity contribution in [2.75, 3.05) is 0 Å². The molecule has 0 unspecified atom stereocenters. The largest absolute Gasteiger partial charge is 0.237 e. The second-order valence-electron chi connectivity index (χ2n) is 2.76. The van der Waals surface area contributed by atoms with Gasteiger partial charge in [-0.2, -0.15) is 0 Å². The lowest BCUT2D eigenvalue weighted by Gasteiger charge is -2.08. The number of halogens is 4. The van der Waals surface area contributed by atoms with Crippen LogP contribution < -0.4 is 0 Å². The first-order valence-electron chi connectivity index (χ1n) is 3.52. The maximum atomic E-state index is 5.67. The van der Waals surface area contributed by atoms with E-state index >= 15 is 0 Å². The van der Waals surface area contributed by atoms with Gasteiger partial charge in [0.2, 0.25) is 3.79 Å². The van der Waals surface area contributed by atoms with Gasteiger partial charge in [0.05, 0.1) is 0 Å². The molecule has 0 atom stereocenters. The molecule has 3 nitrogen and oxygen atoms in total. The number of hydrogen-bond acceptors (Lipinski definition) is 2. The van der Waals surface area contributed by atoms with Gasteiger partial charge >= 0.3 is 0 Å². The van der Waals surface area contributed by atoms with E-state index in [4.69, 9.17) is 34.8 Å². The number of aromatic nitrogens is 3. The van der Waals surface area contributed by atoms with Crippen molar-refractivity contribution in [1.82, 2.24) is 15.0 Å².